The maximum Gasteiger partial charge on any atom is 0.409 e. The molecule has 1 atom stereocenters. The fraction of sp³-hybridized carbons (Fsp3) is 0.231. The number of ether oxygens (including phenoxy) is 2. The second-order valence-electron chi connectivity index (χ2n) is 8.42. The smallest absolute Gasteiger partial charge is 0.409 e. The molecule has 0 bridgehead atoms. The van der Waals surface area contributed by atoms with Crippen molar-refractivity contribution in [1.29, 1.82) is 0 Å². The summed E-state index contributed by atoms with van der Waals surface area (Å²) in [6.45, 7) is 0.412. The van der Waals surface area contributed by atoms with E-state index in [1.54, 1.807) is 11.9 Å². The SMILES string of the molecule is CN1C(=O)OCC1Cc1ccc(Oc2ccc(/C=C3/C=C4CC(=O)NC4=CC3)cc2Cl)cc1. The van der Waals surface area contributed by atoms with Crippen molar-refractivity contribution in [1.82, 2.24) is 10.2 Å². The summed E-state index contributed by atoms with van der Waals surface area (Å²) in [5.41, 5.74) is 5.17. The van der Waals surface area contributed by atoms with Crippen LogP contribution in [0.15, 0.2) is 71.5 Å². The number of halogens is 1. The van der Waals surface area contributed by atoms with Crippen LogP contribution >= 0.6 is 11.6 Å². The van der Waals surface area contributed by atoms with E-state index >= 15 is 0 Å². The third kappa shape index (κ3) is 4.66. The number of carbonyl (C=O) groups excluding carboxylic acids is 2. The van der Waals surface area contributed by atoms with Crippen molar-refractivity contribution in [2.45, 2.75) is 25.3 Å². The zero-order chi connectivity index (χ0) is 22.9. The van der Waals surface area contributed by atoms with Crippen LogP contribution < -0.4 is 10.1 Å². The van der Waals surface area contributed by atoms with Crippen molar-refractivity contribution in [3.63, 3.8) is 0 Å². The Morgan fingerprint density at radius 1 is 1.21 bits per heavy atom. The Balaban J connectivity index is 1.24. The fourth-order valence-corrected chi connectivity index (χ4v) is 4.41. The Bertz CT molecular complexity index is 1210. The third-order valence-corrected chi connectivity index (χ3v) is 6.33. The zero-order valence-electron chi connectivity index (χ0n) is 18.1. The summed E-state index contributed by atoms with van der Waals surface area (Å²) in [5.74, 6) is 1.31. The van der Waals surface area contributed by atoms with Gasteiger partial charge in [0.15, 0.2) is 0 Å². The third-order valence-electron chi connectivity index (χ3n) is 6.04. The van der Waals surface area contributed by atoms with Gasteiger partial charge in [0, 0.05) is 12.7 Å². The lowest BCUT2D eigenvalue weighted by Crippen LogP contribution is -2.30. The van der Waals surface area contributed by atoms with Gasteiger partial charge in [0.05, 0.1) is 17.5 Å². The average molecular weight is 463 g/mol. The van der Waals surface area contributed by atoms with E-state index in [1.165, 1.54) is 0 Å². The zero-order valence-corrected chi connectivity index (χ0v) is 18.9. The number of nitrogens with zero attached hydrogens (tertiary/aromatic N) is 1. The number of rotatable bonds is 5. The molecule has 3 aliphatic rings. The molecule has 5 rings (SSSR count). The lowest BCUT2D eigenvalue weighted by atomic mass is 9.97. The molecule has 0 radical (unpaired) electrons. The Kier molecular flexibility index (Phi) is 5.68. The van der Waals surface area contributed by atoms with Crippen LogP contribution in [0.5, 0.6) is 11.5 Å². The lowest BCUT2D eigenvalue weighted by Gasteiger charge is -2.16. The van der Waals surface area contributed by atoms with Gasteiger partial charge >= 0.3 is 6.09 Å². The molecule has 6 nitrogen and oxygen atoms in total. The maximum absolute atomic E-state index is 11.6. The number of amides is 2. The largest absolute Gasteiger partial charge is 0.456 e. The van der Waals surface area contributed by atoms with Crippen LogP contribution in [0.3, 0.4) is 0 Å². The van der Waals surface area contributed by atoms with Crippen molar-refractivity contribution in [2.24, 2.45) is 0 Å². The molecule has 0 aromatic heterocycles. The molecule has 0 spiro atoms. The van der Waals surface area contributed by atoms with Crippen LogP contribution in [0.1, 0.15) is 24.0 Å². The second-order valence-corrected chi connectivity index (χ2v) is 8.82. The number of hydrogen-bond acceptors (Lipinski definition) is 4. The highest BCUT2D eigenvalue weighted by Crippen LogP contribution is 2.33. The van der Waals surface area contributed by atoms with Gasteiger partial charge in [-0.25, -0.2) is 4.79 Å². The number of fused-ring (bicyclic) bond motifs is 1. The summed E-state index contributed by atoms with van der Waals surface area (Å²) < 4.78 is 11.0. The Morgan fingerprint density at radius 2 is 2.03 bits per heavy atom. The standard InChI is InChI=1S/C26H23ClN2O4/c1-29-20(15-32-26(29)31)12-16-2-6-21(7-3-16)33-24-9-5-18(13-22(24)27)10-17-4-8-23-19(11-17)14-25(30)28-23/h2-3,5-11,13,20H,4,12,14-15H2,1H3,(H,28,30)/b17-10+. The van der Waals surface area contributed by atoms with E-state index in [0.717, 1.165) is 40.8 Å². The monoisotopic (exact) mass is 462 g/mol. The predicted molar refractivity (Wildman–Crippen MR) is 126 cm³/mol. The molecule has 1 unspecified atom stereocenters. The van der Waals surface area contributed by atoms with Gasteiger partial charge in [-0.15, -0.1) is 0 Å². The summed E-state index contributed by atoms with van der Waals surface area (Å²) in [5, 5.41) is 3.39. The van der Waals surface area contributed by atoms with E-state index in [9.17, 15) is 9.59 Å². The minimum Gasteiger partial charge on any atom is -0.456 e. The fourth-order valence-electron chi connectivity index (χ4n) is 4.18. The molecule has 2 aliphatic heterocycles. The topological polar surface area (TPSA) is 67.9 Å². The summed E-state index contributed by atoms with van der Waals surface area (Å²) in [6, 6.07) is 13.5. The molecule has 2 fully saturated rings. The minimum absolute atomic E-state index is 0.0429. The summed E-state index contributed by atoms with van der Waals surface area (Å²) in [7, 11) is 1.75. The van der Waals surface area contributed by atoms with Gasteiger partial charge in [-0.2, -0.15) is 0 Å². The predicted octanol–water partition coefficient (Wildman–Crippen LogP) is 5.24. The van der Waals surface area contributed by atoms with Crippen molar-refractivity contribution in [3.05, 3.63) is 87.6 Å². The van der Waals surface area contributed by atoms with Crippen LogP contribution in [0.2, 0.25) is 5.02 Å². The molecule has 2 amide bonds. The number of benzene rings is 2. The lowest BCUT2D eigenvalue weighted by molar-refractivity contribution is -0.118. The van der Waals surface area contributed by atoms with Crippen molar-refractivity contribution < 1.29 is 19.1 Å². The molecular weight excluding hydrogens is 440 g/mol. The van der Waals surface area contributed by atoms with E-state index in [1.807, 2.05) is 48.5 Å². The second kappa shape index (κ2) is 8.79. The molecule has 1 aliphatic carbocycles. The van der Waals surface area contributed by atoms with E-state index in [-0.39, 0.29) is 18.0 Å². The van der Waals surface area contributed by atoms with Gasteiger partial charge < -0.3 is 19.7 Å². The number of carbonyl (C=O) groups is 2. The van der Waals surface area contributed by atoms with Crippen molar-refractivity contribution in [3.8, 4) is 11.5 Å². The van der Waals surface area contributed by atoms with E-state index in [2.05, 4.69) is 17.5 Å². The molecule has 0 saturated carbocycles. The number of allylic oxidation sites excluding steroid dienone is 4. The normalized spacial score (nSPS) is 20.8. The van der Waals surface area contributed by atoms with Gasteiger partial charge in [-0.05, 0) is 59.4 Å². The van der Waals surface area contributed by atoms with Gasteiger partial charge in [-0.1, -0.05) is 48.0 Å². The summed E-state index contributed by atoms with van der Waals surface area (Å²) in [4.78, 5) is 24.7. The average Bonchev–Trinajstić information content (AvgIpc) is 3.32. The maximum atomic E-state index is 11.6. The van der Waals surface area contributed by atoms with Gasteiger partial charge in [0.2, 0.25) is 5.91 Å². The van der Waals surface area contributed by atoms with E-state index in [4.69, 9.17) is 21.1 Å². The first kappa shape index (κ1) is 21.3. The Morgan fingerprint density at radius 3 is 2.76 bits per heavy atom. The first-order valence-corrected chi connectivity index (χ1v) is 11.2. The molecule has 168 valence electrons. The highest BCUT2D eigenvalue weighted by Gasteiger charge is 2.29. The summed E-state index contributed by atoms with van der Waals surface area (Å²) >= 11 is 6.49. The number of cyclic esters (lactones) is 1. The van der Waals surface area contributed by atoms with E-state index < -0.39 is 0 Å². The van der Waals surface area contributed by atoms with Crippen LogP contribution in [0, 0.1) is 0 Å². The molecule has 2 saturated heterocycles. The van der Waals surface area contributed by atoms with Crippen molar-refractivity contribution >= 4 is 29.7 Å². The molecule has 33 heavy (non-hydrogen) atoms. The summed E-state index contributed by atoms with van der Waals surface area (Å²) in [6.07, 6.45) is 7.83. The van der Waals surface area contributed by atoms with Crippen molar-refractivity contribution in [2.75, 3.05) is 13.7 Å². The van der Waals surface area contributed by atoms with Gasteiger partial charge in [-0.3, -0.25) is 4.79 Å². The first-order valence-electron chi connectivity index (χ1n) is 10.8. The molecule has 7 heteroatoms. The van der Waals surface area contributed by atoms with E-state index in [0.29, 0.717) is 29.5 Å². The Labute approximate surface area is 197 Å². The Hall–Kier alpha value is -3.51. The highest BCUT2D eigenvalue weighted by molar-refractivity contribution is 6.32. The number of hydrogen-bond donors (Lipinski definition) is 1. The van der Waals surface area contributed by atoms with Gasteiger partial charge in [0.25, 0.3) is 0 Å². The number of likely N-dealkylation sites (N-methyl/N-ethyl adjacent to an activating group) is 1. The van der Waals surface area contributed by atoms with Gasteiger partial charge in [0.1, 0.15) is 18.1 Å². The quantitative estimate of drug-likeness (QED) is 0.659. The molecular formula is C26H23ClN2O4. The molecule has 2 aromatic rings. The van der Waals surface area contributed by atoms with Crippen LogP contribution in [-0.2, 0) is 16.0 Å². The molecule has 1 N–H and O–H groups in total. The van der Waals surface area contributed by atoms with Crippen LogP contribution in [0.4, 0.5) is 4.79 Å². The first-order chi connectivity index (χ1) is 15.9. The van der Waals surface area contributed by atoms with Crippen LogP contribution in [0.25, 0.3) is 6.08 Å². The molecule has 2 heterocycles. The highest BCUT2D eigenvalue weighted by atomic mass is 35.5. The van der Waals surface area contributed by atoms with Crippen LogP contribution in [-0.4, -0.2) is 36.6 Å². The minimum atomic E-state index is -0.277. The number of nitrogens with one attached hydrogen (secondary N) is 1. The molecule has 2 aromatic carbocycles.